The minimum atomic E-state index is -0.331. The Bertz CT molecular complexity index is 1480. The summed E-state index contributed by atoms with van der Waals surface area (Å²) < 4.78 is 2.01. The van der Waals surface area contributed by atoms with Crippen LogP contribution < -0.4 is 10.5 Å². The summed E-state index contributed by atoms with van der Waals surface area (Å²) in [6, 6.07) is 13.4. The van der Waals surface area contributed by atoms with Crippen molar-refractivity contribution in [3.05, 3.63) is 78.9 Å². The van der Waals surface area contributed by atoms with E-state index in [1.54, 1.807) is 22.8 Å². The van der Waals surface area contributed by atoms with Crippen molar-refractivity contribution in [1.29, 1.82) is 0 Å². The number of H-pyrrole nitrogens is 1. The Morgan fingerprint density at radius 2 is 1.90 bits per heavy atom. The van der Waals surface area contributed by atoms with Crippen molar-refractivity contribution in [2.75, 3.05) is 4.90 Å². The van der Waals surface area contributed by atoms with Gasteiger partial charge in [0, 0.05) is 17.4 Å². The predicted octanol–water partition coefficient (Wildman–Crippen LogP) is 5.54. The van der Waals surface area contributed by atoms with E-state index in [4.69, 9.17) is 35.4 Å². The molecule has 5 rings (SSSR count). The minimum absolute atomic E-state index is 0.159. The van der Waals surface area contributed by atoms with E-state index in [1.165, 1.54) is 5.56 Å². The summed E-state index contributed by atoms with van der Waals surface area (Å²) >= 11 is 17.9. The Balaban J connectivity index is 1.71. The Labute approximate surface area is 193 Å². The van der Waals surface area contributed by atoms with Crippen LogP contribution in [-0.2, 0) is 6.42 Å². The van der Waals surface area contributed by atoms with Gasteiger partial charge >= 0.3 is 0 Å². The molecule has 6 nitrogen and oxygen atoms in total. The fourth-order valence-corrected chi connectivity index (χ4v) is 4.83. The molecule has 0 amide bonds. The van der Waals surface area contributed by atoms with Gasteiger partial charge in [-0.3, -0.25) is 14.3 Å². The van der Waals surface area contributed by atoms with Crippen molar-refractivity contribution < 1.29 is 0 Å². The van der Waals surface area contributed by atoms with Gasteiger partial charge in [0.05, 0.1) is 10.0 Å². The highest BCUT2D eigenvalue weighted by molar-refractivity contribution is 7.71. The number of hydrogen-bond acceptors (Lipinski definition) is 5. The molecule has 1 aliphatic rings. The van der Waals surface area contributed by atoms with Crippen LogP contribution in [0.2, 0.25) is 10.0 Å². The third kappa shape index (κ3) is 3.24. The van der Waals surface area contributed by atoms with Crippen LogP contribution in [0.5, 0.6) is 0 Å². The molecule has 9 heteroatoms. The number of halogens is 2. The second kappa shape index (κ2) is 7.44. The minimum Gasteiger partial charge on any atom is -0.309 e. The monoisotopic (exact) mass is 469 g/mol. The number of hydrogen-bond donors (Lipinski definition) is 1. The SMILES string of the molecule is Cc1nc2nc(N3c4ccccc4C[C@@H]3C)[nH]c(=O)c2c(=S)n1-c1ccc(Cl)c(Cl)c1. The van der Waals surface area contributed by atoms with Crippen molar-refractivity contribution in [3.63, 3.8) is 0 Å². The number of para-hydroxylation sites is 1. The lowest BCUT2D eigenvalue weighted by Gasteiger charge is -2.23. The van der Waals surface area contributed by atoms with Crippen molar-refractivity contribution in [1.82, 2.24) is 19.5 Å². The van der Waals surface area contributed by atoms with Crippen LogP contribution in [-0.4, -0.2) is 25.6 Å². The number of aromatic amines is 1. The normalized spacial score (nSPS) is 15.5. The van der Waals surface area contributed by atoms with E-state index >= 15 is 0 Å². The molecule has 0 saturated carbocycles. The van der Waals surface area contributed by atoms with E-state index < -0.39 is 0 Å². The maximum atomic E-state index is 13.1. The molecule has 2 aromatic heterocycles. The molecule has 2 aromatic carbocycles. The number of aryl methyl sites for hydroxylation is 1. The van der Waals surface area contributed by atoms with Gasteiger partial charge in [-0.05, 0) is 50.1 Å². The van der Waals surface area contributed by atoms with Crippen LogP contribution in [0, 0.1) is 11.6 Å². The van der Waals surface area contributed by atoms with Crippen LogP contribution in [0.15, 0.2) is 47.3 Å². The highest BCUT2D eigenvalue weighted by Gasteiger charge is 2.29. The van der Waals surface area contributed by atoms with E-state index in [0.29, 0.717) is 37.8 Å². The summed E-state index contributed by atoms with van der Waals surface area (Å²) in [5.74, 6) is 1.05. The molecule has 0 aliphatic carbocycles. The largest absolute Gasteiger partial charge is 0.309 e. The number of rotatable bonds is 2. The molecular weight excluding hydrogens is 453 g/mol. The lowest BCUT2D eigenvalue weighted by atomic mass is 10.1. The van der Waals surface area contributed by atoms with E-state index in [0.717, 1.165) is 12.1 Å². The second-order valence-corrected chi connectivity index (χ2v) is 8.74. The van der Waals surface area contributed by atoms with Gasteiger partial charge in [-0.25, -0.2) is 4.98 Å². The summed E-state index contributed by atoms with van der Waals surface area (Å²) in [6.45, 7) is 3.92. The molecule has 1 aliphatic heterocycles. The number of anilines is 2. The van der Waals surface area contributed by atoms with Crippen molar-refractivity contribution >= 4 is 58.1 Å². The molecule has 0 fully saturated rings. The molecule has 4 aromatic rings. The molecule has 0 unspecified atom stereocenters. The number of nitrogens with one attached hydrogen (secondary N) is 1. The first-order valence-electron chi connectivity index (χ1n) is 9.71. The average molecular weight is 470 g/mol. The molecule has 0 radical (unpaired) electrons. The Hall–Kier alpha value is -2.74. The summed E-state index contributed by atoms with van der Waals surface area (Å²) in [4.78, 5) is 27.4. The third-order valence-corrected chi connectivity index (χ3v) is 6.62. The molecule has 0 spiro atoms. The summed E-state index contributed by atoms with van der Waals surface area (Å²) in [5, 5.41) is 1.09. The van der Waals surface area contributed by atoms with Gasteiger partial charge < -0.3 is 4.90 Å². The topological polar surface area (TPSA) is 66.8 Å². The standard InChI is InChI=1S/C22H17Cl2N5OS/c1-11-9-13-5-3-4-6-17(13)28(11)22-26-19-18(20(30)27-22)21(31)29(12(2)25-19)14-7-8-15(23)16(24)10-14/h3-8,10-11H,9H2,1-2H3,(H,26,27,30)/t11-/m0/s1. The number of aromatic nitrogens is 4. The van der Waals surface area contributed by atoms with Crippen molar-refractivity contribution in [3.8, 4) is 5.69 Å². The van der Waals surface area contributed by atoms with Crippen LogP contribution in [0.4, 0.5) is 11.6 Å². The van der Waals surface area contributed by atoms with Gasteiger partial charge in [-0.2, -0.15) is 4.98 Å². The van der Waals surface area contributed by atoms with Crippen molar-refractivity contribution in [2.45, 2.75) is 26.3 Å². The quantitative estimate of drug-likeness (QED) is 0.390. The molecule has 0 bridgehead atoms. The number of benzene rings is 2. The van der Waals surface area contributed by atoms with Gasteiger partial charge in [0.15, 0.2) is 5.65 Å². The van der Waals surface area contributed by atoms with Gasteiger partial charge in [-0.1, -0.05) is 53.6 Å². The van der Waals surface area contributed by atoms with Crippen LogP contribution >= 0.6 is 35.4 Å². The van der Waals surface area contributed by atoms with Gasteiger partial charge in [0.25, 0.3) is 5.56 Å². The molecule has 1 N–H and O–H groups in total. The maximum Gasteiger partial charge on any atom is 0.264 e. The highest BCUT2D eigenvalue weighted by Crippen LogP contribution is 2.36. The van der Waals surface area contributed by atoms with Crippen LogP contribution in [0.1, 0.15) is 18.3 Å². The van der Waals surface area contributed by atoms with E-state index in [-0.39, 0.29) is 17.0 Å². The fraction of sp³-hybridized carbons (Fsp3) is 0.182. The Morgan fingerprint density at radius 3 is 2.68 bits per heavy atom. The molecule has 1 atom stereocenters. The van der Waals surface area contributed by atoms with Crippen LogP contribution in [0.3, 0.4) is 0 Å². The summed E-state index contributed by atoms with van der Waals surface area (Å²) in [5.41, 5.74) is 2.92. The molecule has 0 saturated heterocycles. The maximum absolute atomic E-state index is 13.1. The van der Waals surface area contributed by atoms with E-state index in [9.17, 15) is 4.79 Å². The molecule has 156 valence electrons. The van der Waals surface area contributed by atoms with Gasteiger partial charge in [0.1, 0.15) is 15.9 Å². The van der Waals surface area contributed by atoms with E-state index in [1.807, 2.05) is 30.0 Å². The zero-order chi connectivity index (χ0) is 21.9. The zero-order valence-corrected chi connectivity index (χ0v) is 19.0. The van der Waals surface area contributed by atoms with Gasteiger partial charge in [-0.15, -0.1) is 0 Å². The smallest absolute Gasteiger partial charge is 0.264 e. The fourth-order valence-electron chi connectivity index (χ4n) is 4.12. The first kappa shape index (κ1) is 20.2. The number of nitrogens with zero attached hydrogens (tertiary/aromatic N) is 4. The Kier molecular flexibility index (Phi) is 4.84. The first-order valence-corrected chi connectivity index (χ1v) is 10.9. The molecule has 3 heterocycles. The average Bonchev–Trinajstić information content (AvgIpc) is 3.05. The van der Waals surface area contributed by atoms with Crippen molar-refractivity contribution in [2.24, 2.45) is 0 Å². The van der Waals surface area contributed by atoms with Gasteiger partial charge in [0.2, 0.25) is 5.95 Å². The lowest BCUT2D eigenvalue weighted by Crippen LogP contribution is -2.28. The number of fused-ring (bicyclic) bond motifs is 2. The predicted molar refractivity (Wildman–Crippen MR) is 127 cm³/mol. The second-order valence-electron chi connectivity index (χ2n) is 7.54. The Morgan fingerprint density at radius 1 is 1.13 bits per heavy atom. The van der Waals surface area contributed by atoms with E-state index in [2.05, 4.69) is 27.9 Å². The zero-order valence-electron chi connectivity index (χ0n) is 16.7. The molecular formula is C22H17Cl2N5OS. The summed E-state index contributed by atoms with van der Waals surface area (Å²) in [6.07, 6.45) is 0.878. The lowest BCUT2D eigenvalue weighted by molar-refractivity contribution is 0.739. The third-order valence-electron chi connectivity index (χ3n) is 5.49. The summed E-state index contributed by atoms with van der Waals surface area (Å²) in [7, 11) is 0. The van der Waals surface area contributed by atoms with Crippen LogP contribution in [0.25, 0.3) is 16.7 Å². The first-order chi connectivity index (χ1) is 14.8. The highest BCUT2D eigenvalue weighted by atomic mass is 35.5. The molecule has 31 heavy (non-hydrogen) atoms.